The van der Waals surface area contributed by atoms with Crippen molar-refractivity contribution in [3.05, 3.63) is 21.9 Å². The van der Waals surface area contributed by atoms with Crippen molar-refractivity contribution in [2.24, 2.45) is 5.73 Å². The molecule has 3 N–H and O–H groups in total. The molecule has 3 nitrogen and oxygen atoms in total. The molecule has 0 aromatic carbocycles. The van der Waals surface area contributed by atoms with E-state index in [1.165, 1.54) is 10.4 Å². The van der Waals surface area contributed by atoms with Gasteiger partial charge >= 0.3 is 0 Å². The van der Waals surface area contributed by atoms with Crippen molar-refractivity contribution < 1.29 is 4.79 Å². The molecule has 0 bridgehead atoms. The number of carbonyl (C=O) groups excluding carboxylic acids is 1. The SMILES string of the molecule is Cc1ccsc1CCNC(=O)CC(C)N.Cl. The third-order valence-corrected chi connectivity index (χ3v) is 3.23. The van der Waals surface area contributed by atoms with Gasteiger partial charge in [-0.25, -0.2) is 0 Å². The minimum Gasteiger partial charge on any atom is -0.356 e. The van der Waals surface area contributed by atoms with Gasteiger partial charge in [0.25, 0.3) is 0 Å². The fourth-order valence-corrected chi connectivity index (χ4v) is 2.25. The lowest BCUT2D eigenvalue weighted by molar-refractivity contribution is -0.121. The Morgan fingerprint density at radius 2 is 2.31 bits per heavy atom. The minimum absolute atomic E-state index is 0. The van der Waals surface area contributed by atoms with E-state index in [-0.39, 0.29) is 24.4 Å². The molecule has 0 aliphatic carbocycles. The molecule has 0 radical (unpaired) electrons. The molecule has 0 saturated heterocycles. The average Bonchev–Trinajstić information content (AvgIpc) is 2.50. The van der Waals surface area contributed by atoms with E-state index < -0.39 is 0 Å². The predicted octanol–water partition coefficient (Wildman–Crippen LogP) is 1.87. The molecular formula is C11H19ClN2OS. The maximum Gasteiger partial charge on any atom is 0.221 e. The van der Waals surface area contributed by atoms with Crippen molar-refractivity contribution >= 4 is 29.7 Å². The van der Waals surface area contributed by atoms with Crippen LogP contribution < -0.4 is 11.1 Å². The topological polar surface area (TPSA) is 55.1 Å². The van der Waals surface area contributed by atoms with Crippen LogP contribution in [0, 0.1) is 6.92 Å². The van der Waals surface area contributed by atoms with Gasteiger partial charge in [0.1, 0.15) is 0 Å². The summed E-state index contributed by atoms with van der Waals surface area (Å²) in [5.74, 6) is 0.0409. The number of nitrogens with one attached hydrogen (secondary N) is 1. The molecule has 1 rings (SSSR count). The van der Waals surface area contributed by atoms with E-state index in [2.05, 4.69) is 23.7 Å². The van der Waals surface area contributed by atoms with Crippen LogP contribution in [0.4, 0.5) is 0 Å². The van der Waals surface area contributed by atoms with E-state index in [1.54, 1.807) is 11.3 Å². The van der Waals surface area contributed by atoms with E-state index >= 15 is 0 Å². The third kappa shape index (κ3) is 5.49. The number of thiophene rings is 1. The van der Waals surface area contributed by atoms with Gasteiger partial charge < -0.3 is 11.1 Å². The fraction of sp³-hybridized carbons (Fsp3) is 0.545. The molecule has 1 aromatic rings. The Morgan fingerprint density at radius 1 is 1.62 bits per heavy atom. The van der Waals surface area contributed by atoms with Crippen LogP contribution in [0.3, 0.4) is 0 Å². The molecule has 0 aliphatic rings. The molecule has 0 saturated carbocycles. The van der Waals surface area contributed by atoms with Crippen LogP contribution in [0.25, 0.3) is 0 Å². The Bertz CT molecular complexity index is 326. The van der Waals surface area contributed by atoms with Crippen molar-refractivity contribution in [1.82, 2.24) is 5.32 Å². The highest BCUT2D eigenvalue weighted by Gasteiger charge is 2.05. The molecule has 1 aromatic heterocycles. The van der Waals surface area contributed by atoms with Gasteiger partial charge in [-0.05, 0) is 37.3 Å². The normalized spacial score (nSPS) is 11.7. The molecule has 1 unspecified atom stereocenters. The number of carbonyl (C=O) groups is 1. The lowest BCUT2D eigenvalue weighted by atomic mass is 10.2. The first-order chi connectivity index (χ1) is 7.09. The highest BCUT2D eigenvalue weighted by Crippen LogP contribution is 2.15. The first-order valence-electron chi connectivity index (χ1n) is 5.15. The van der Waals surface area contributed by atoms with Crippen molar-refractivity contribution in [3.63, 3.8) is 0 Å². The van der Waals surface area contributed by atoms with Gasteiger partial charge in [0.2, 0.25) is 5.91 Å². The highest BCUT2D eigenvalue weighted by atomic mass is 35.5. The molecule has 1 amide bonds. The van der Waals surface area contributed by atoms with Gasteiger partial charge in [-0.15, -0.1) is 23.7 Å². The Morgan fingerprint density at radius 3 is 2.81 bits per heavy atom. The van der Waals surface area contributed by atoms with Crippen molar-refractivity contribution in [3.8, 4) is 0 Å². The average molecular weight is 263 g/mol. The summed E-state index contributed by atoms with van der Waals surface area (Å²) in [5, 5.41) is 4.95. The van der Waals surface area contributed by atoms with Gasteiger partial charge in [0.05, 0.1) is 0 Å². The number of rotatable bonds is 5. The fourth-order valence-electron chi connectivity index (χ4n) is 1.34. The van der Waals surface area contributed by atoms with Crippen molar-refractivity contribution in [2.45, 2.75) is 32.7 Å². The van der Waals surface area contributed by atoms with E-state index in [9.17, 15) is 4.79 Å². The zero-order valence-electron chi connectivity index (χ0n) is 9.66. The first-order valence-corrected chi connectivity index (χ1v) is 6.03. The van der Waals surface area contributed by atoms with Gasteiger partial charge in [-0.1, -0.05) is 0 Å². The van der Waals surface area contributed by atoms with Crippen LogP contribution in [-0.2, 0) is 11.2 Å². The summed E-state index contributed by atoms with van der Waals surface area (Å²) >= 11 is 1.74. The number of amides is 1. The van der Waals surface area contributed by atoms with Gasteiger partial charge in [-0.3, -0.25) is 4.79 Å². The van der Waals surface area contributed by atoms with Gasteiger partial charge in [-0.2, -0.15) is 0 Å². The smallest absolute Gasteiger partial charge is 0.221 e. The van der Waals surface area contributed by atoms with Crippen LogP contribution in [0.5, 0.6) is 0 Å². The molecule has 0 spiro atoms. The summed E-state index contributed by atoms with van der Waals surface area (Å²) in [4.78, 5) is 12.6. The van der Waals surface area contributed by atoms with Gasteiger partial charge in [0.15, 0.2) is 0 Å². The van der Waals surface area contributed by atoms with E-state index in [4.69, 9.17) is 5.73 Å². The molecule has 1 atom stereocenters. The summed E-state index contributed by atoms with van der Waals surface area (Å²) in [6.45, 7) is 4.63. The summed E-state index contributed by atoms with van der Waals surface area (Å²) in [7, 11) is 0. The summed E-state index contributed by atoms with van der Waals surface area (Å²) in [6.07, 6.45) is 1.32. The Balaban J connectivity index is 0.00000225. The molecule has 0 aliphatic heterocycles. The zero-order valence-corrected chi connectivity index (χ0v) is 11.3. The second-order valence-electron chi connectivity index (χ2n) is 3.81. The third-order valence-electron chi connectivity index (χ3n) is 2.15. The van der Waals surface area contributed by atoms with Crippen LogP contribution in [-0.4, -0.2) is 18.5 Å². The molecule has 92 valence electrons. The summed E-state index contributed by atoms with van der Waals surface area (Å²) in [6, 6.07) is 2.04. The monoisotopic (exact) mass is 262 g/mol. The van der Waals surface area contributed by atoms with E-state index in [1.807, 2.05) is 6.92 Å². The minimum atomic E-state index is -0.0616. The van der Waals surface area contributed by atoms with Crippen molar-refractivity contribution in [2.75, 3.05) is 6.54 Å². The maximum absolute atomic E-state index is 11.3. The Hall–Kier alpha value is -0.580. The number of hydrogen-bond acceptors (Lipinski definition) is 3. The quantitative estimate of drug-likeness (QED) is 0.851. The number of halogens is 1. The number of aryl methyl sites for hydroxylation is 1. The zero-order chi connectivity index (χ0) is 11.3. The Labute approximate surface area is 107 Å². The number of nitrogens with two attached hydrogens (primary N) is 1. The molecule has 1 heterocycles. The largest absolute Gasteiger partial charge is 0.356 e. The molecular weight excluding hydrogens is 244 g/mol. The van der Waals surface area contributed by atoms with Crippen LogP contribution >= 0.6 is 23.7 Å². The highest BCUT2D eigenvalue weighted by molar-refractivity contribution is 7.10. The second kappa shape index (κ2) is 7.65. The summed E-state index contributed by atoms with van der Waals surface area (Å²) in [5.41, 5.74) is 6.83. The van der Waals surface area contributed by atoms with E-state index in [0.717, 1.165) is 6.42 Å². The summed E-state index contributed by atoms with van der Waals surface area (Å²) < 4.78 is 0. The second-order valence-corrected chi connectivity index (χ2v) is 4.81. The standard InChI is InChI=1S/C11H18N2OS.ClH/c1-8-4-6-15-10(8)3-5-13-11(14)7-9(2)12;/h4,6,9H,3,5,7,12H2,1-2H3,(H,13,14);1H. The maximum atomic E-state index is 11.3. The lowest BCUT2D eigenvalue weighted by Gasteiger charge is -2.06. The molecule has 5 heteroatoms. The van der Waals surface area contributed by atoms with E-state index in [0.29, 0.717) is 13.0 Å². The molecule has 16 heavy (non-hydrogen) atoms. The Kier molecular flexibility index (Phi) is 7.38. The molecule has 0 fully saturated rings. The number of hydrogen-bond donors (Lipinski definition) is 2. The van der Waals surface area contributed by atoms with Crippen molar-refractivity contribution in [1.29, 1.82) is 0 Å². The lowest BCUT2D eigenvalue weighted by Crippen LogP contribution is -2.31. The predicted molar refractivity (Wildman–Crippen MR) is 71.3 cm³/mol. The van der Waals surface area contributed by atoms with Crippen LogP contribution in [0.1, 0.15) is 23.8 Å². The van der Waals surface area contributed by atoms with Crippen LogP contribution in [0.2, 0.25) is 0 Å². The van der Waals surface area contributed by atoms with Gasteiger partial charge in [0, 0.05) is 23.9 Å². The first kappa shape index (κ1) is 15.4. The van der Waals surface area contributed by atoms with Crippen LogP contribution in [0.15, 0.2) is 11.4 Å².